The predicted octanol–water partition coefficient (Wildman–Crippen LogP) is 1.89. The van der Waals surface area contributed by atoms with E-state index in [1.165, 1.54) is 13.2 Å². The van der Waals surface area contributed by atoms with E-state index in [0.29, 0.717) is 5.56 Å². The summed E-state index contributed by atoms with van der Waals surface area (Å²) in [6.07, 6.45) is 0. The van der Waals surface area contributed by atoms with Crippen LogP contribution in [0.1, 0.15) is 15.9 Å². The monoisotopic (exact) mass is 286 g/mol. The fourth-order valence-electron chi connectivity index (χ4n) is 1.63. The second-order valence-electron chi connectivity index (χ2n) is 3.99. The second-order valence-corrected chi connectivity index (χ2v) is 4.61. The highest BCUT2D eigenvalue weighted by Crippen LogP contribution is 2.21. The molecule has 1 unspecified atom stereocenters. The number of halogens is 1. The highest BCUT2D eigenvalue weighted by molar-refractivity contribution is 6.21. The first-order valence-corrected chi connectivity index (χ1v) is 6.06. The molecule has 1 rings (SSSR count). The average molecular weight is 287 g/mol. The number of carbonyl (C=O) groups excluding carboxylic acids is 1. The summed E-state index contributed by atoms with van der Waals surface area (Å²) in [5.41, 5.74) is 0.397. The van der Waals surface area contributed by atoms with Gasteiger partial charge >= 0.3 is 0 Å². The number of benzene rings is 1. The zero-order valence-electron chi connectivity index (χ0n) is 10.7. The van der Waals surface area contributed by atoms with Gasteiger partial charge in [0.1, 0.15) is 5.56 Å². The molecule has 19 heavy (non-hydrogen) atoms. The number of nitro groups is 1. The molecule has 6 nitrogen and oxygen atoms in total. The van der Waals surface area contributed by atoms with Crippen LogP contribution in [-0.2, 0) is 4.74 Å². The summed E-state index contributed by atoms with van der Waals surface area (Å²) in [5.74, 6) is -0.508. The van der Waals surface area contributed by atoms with E-state index in [-0.39, 0.29) is 29.8 Å². The lowest BCUT2D eigenvalue weighted by molar-refractivity contribution is -0.385. The molecule has 1 aromatic rings. The molecular weight excluding hydrogens is 272 g/mol. The molecule has 1 aromatic carbocycles. The lowest BCUT2D eigenvalue weighted by Crippen LogP contribution is -2.32. The molecule has 1 atom stereocenters. The van der Waals surface area contributed by atoms with Gasteiger partial charge in [0.2, 0.25) is 0 Å². The Bertz CT molecular complexity index is 479. The van der Waals surface area contributed by atoms with Crippen LogP contribution < -0.4 is 5.32 Å². The number of carbonyl (C=O) groups is 1. The molecule has 1 N–H and O–H groups in total. The first-order chi connectivity index (χ1) is 8.97. The standard InChI is InChI=1S/C12H15ClN2O4/c1-8-4-3-5-10(15(17)18)11(8)12(16)14-6-9(13)7-19-2/h3-5,9H,6-7H2,1-2H3,(H,14,16). The zero-order valence-corrected chi connectivity index (χ0v) is 11.4. The summed E-state index contributed by atoms with van der Waals surface area (Å²) in [4.78, 5) is 22.3. The molecule has 0 fully saturated rings. The maximum absolute atomic E-state index is 12.0. The van der Waals surface area contributed by atoms with Gasteiger partial charge in [-0.1, -0.05) is 12.1 Å². The van der Waals surface area contributed by atoms with E-state index < -0.39 is 10.8 Å². The van der Waals surface area contributed by atoms with Crippen molar-refractivity contribution in [1.29, 1.82) is 0 Å². The van der Waals surface area contributed by atoms with Crippen LogP contribution in [0.4, 0.5) is 5.69 Å². The fraction of sp³-hybridized carbons (Fsp3) is 0.417. The number of alkyl halides is 1. The van der Waals surface area contributed by atoms with Crippen molar-refractivity contribution in [3.05, 3.63) is 39.4 Å². The Kier molecular flexibility index (Phi) is 5.72. The van der Waals surface area contributed by atoms with Crippen LogP contribution in [-0.4, -0.2) is 36.5 Å². The van der Waals surface area contributed by atoms with Crippen LogP contribution in [0.2, 0.25) is 0 Å². The number of hydrogen-bond acceptors (Lipinski definition) is 4. The Labute approximate surface area is 115 Å². The lowest BCUT2D eigenvalue weighted by atomic mass is 10.1. The van der Waals surface area contributed by atoms with Gasteiger partial charge in [-0.2, -0.15) is 0 Å². The van der Waals surface area contributed by atoms with E-state index in [4.69, 9.17) is 16.3 Å². The highest BCUT2D eigenvalue weighted by atomic mass is 35.5. The number of methoxy groups -OCH3 is 1. The van der Waals surface area contributed by atoms with E-state index in [1.54, 1.807) is 19.1 Å². The van der Waals surface area contributed by atoms with Gasteiger partial charge in [-0.25, -0.2) is 0 Å². The Balaban J connectivity index is 2.85. The molecule has 104 valence electrons. The molecule has 0 heterocycles. The minimum absolute atomic E-state index is 0.0637. The van der Waals surface area contributed by atoms with E-state index in [2.05, 4.69) is 5.32 Å². The van der Waals surface area contributed by atoms with Crippen LogP contribution in [0, 0.1) is 17.0 Å². The van der Waals surface area contributed by atoms with Crippen molar-refractivity contribution in [2.24, 2.45) is 0 Å². The van der Waals surface area contributed by atoms with Gasteiger partial charge in [0, 0.05) is 19.7 Å². The largest absolute Gasteiger partial charge is 0.383 e. The number of nitrogens with zero attached hydrogens (tertiary/aromatic N) is 1. The van der Waals surface area contributed by atoms with E-state index in [9.17, 15) is 14.9 Å². The summed E-state index contributed by atoms with van der Waals surface area (Å²) < 4.78 is 4.84. The summed E-state index contributed by atoms with van der Waals surface area (Å²) >= 11 is 5.88. The molecule has 0 aromatic heterocycles. The Morgan fingerprint density at radius 3 is 2.84 bits per heavy atom. The average Bonchev–Trinajstić information content (AvgIpc) is 2.36. The van der Waals surface area contributed by atoms with Gasteiger partial charge in [-0.15, -0.1) is 11.6 Å². The SMILES string of the molecule is COCC(Cl)CNC(=O)c1c(C)cccc1[N+](=O)[O-]. The number of hydrogen-bond donors (Lipinski definition) is 1. The molecule has 0 aliphatic carbocycles. The van der Waals surface area contributed by atoms with Crippen molar-refractivity contribution in [1.82, 2.24) is 5.32 Å². The van der Waals surface area contributed by atoms with Gasteiger partial charge in [-0.3, -0.25) is 14.9 Å². The van der Waals surface area contributed by atoms with Crippen LogP contribution in [0.15, 0.2) is 18.2 Å². The Hall–Kier alpha value is -1.66. The molecule has 0 bridgehead atoms. The molecule has 0 aliphatic rings. The third kappa shape index (κ3) is 4.18. The summed E-state index contributed by atoms with van der Waals surface area (Å²) in [5, 5.41) is 13.1. The van der Waals surface area contributed by atoms with E-state index in [0.717, 1.165) is 0 Å². The van der Waals surface area contributed by atoms with Crippen molar-refractivity contribution in [2.75, 3.05) is 20.3 Å². The molecule has 0 saturated carbocycles. The number of rotatable bonds is 6. The van der Waals surface area contributed by atoms with E-state index >= 15 is 0 Å². The molecular formula is C12H15ClN2O4. The van der Waals surface area contributed by atoms with Gasteiger partial charge in [0.25, 0.3) is 11.6 Å². The third-order valence-electron chi connectivity index (χ3n) is 2.51. The normalized spacial score (nSPS) is 11.9. The smallest absolute Gasteiger partial charge is 0.282 e. The minimum atomic E-state index is -0.574. The maximum Gasteiger partial charge on any atom is 0.282 e. The minimum Gasteiger partial charge on any atom is -0.383 e. The zero-order chi connectivity index (χ0) is 14.4. The molecule has 0 radical (unpaired) electrons. The summed E-state index contributed by atoms with van der Waals surface area (Å²) in [7, 11) is 1.50. The van der Waals surface area contributed by atoms with Crippen LogP contribution in [0.5, 0.6) is 0 Å². The van der Waals surface area contributed by atoms with Gasteiger partial charge in [0.15, 0.2) is 0 Å². The number of ether oxygens (including phenoxy) is 1. The van der Waals surface area contributed by atoms with Crippen molar-refractivity contribution in [3.8, 4) is 0 Å². The van der Waals surface area contributed by atoms with Crippen LogP contribution in [0.3, 0.4) is 0 Å². The fourth-order valence-corrected chi connectivity index (χ4v) is 1.83. The van der Waals surface area contributed by atoms with Gasteiger partial charge < -0.3 is 10.1 Å². The predicted molar refractivity (Wildman–Crippen MR) is 71.7 cm³/mol. The van der Waals surface area contributed by atoms with Gasteiger partial charge in [-0.05, 0) is 12.5 Å². The molecule has 0 aliphatic heterocycles. The Morgan fingerprint density at radius 1 is 1.58 bits per heavy atom. The molecule has 7 heteroatoms. The summed E-state index contributed by atoms with van der Waals surface area (Å²) in [6, 6.07) is 4.49. The number of nitrogens with one attached hydrogen (secondary N) is 1. The van der Waals surface area contributed by atoms with Crippen molar-refractivity contribution < 1.29 is 14.5 Å². The number of amides is 1. The van der Waals surface area contributed by atoms with Crippen LogP contribution in [0.25, 0.3) is 0 Å². The quantitative estimate of drug-likeness (QED) is 0.492. The topological polar surface area (TPSA) is 81.5 Å². The van der Waals surface area contributed by atoms with E-state index in [1.807, 2.05) is 0 Å². The lowest BCUT2D eigenvalue weighted by Gasteiger charge is -2.11. The van der Waals surface area contributed by atoms with Crippen molar-refractivity contribution in [3.63, 3.8) is 0 Å². The highest BCUT2D eigenvalue weighted by Gasteiger charge is 2.22. The number of aryl methyl sites for hydroxylation is 1. The maximum atomic E-state index is 12.0. The van der Waals surface area contributed by atoms with Crippen LogP contribution >= 0.6 is 11.6 Å². The molecule has 0 saturated heterocycles. The number of nitro benzene ring substituents is 1. The van der Waals surface area contributed by atoms with Crippen molar-refractivity contribution in [2.45, 2.75) is 12.3 Å². The Morgan fingerprint density at radius 2 is 2.26 bits per heavy atom. The molecule has 0 spiro atoms. The first kappa shape index (κ1) is 15.4. The van der Waals surface area contributed by atoms with Gasteiger partial charge in [0.05, 0.1) is 16.9 Å². The molecule has 1 amide bonds. The second kappa shape index (κ2) is 7.06. The third-order valence-corrected chi connectivity index (χ3v) is 2.79. The van der Waals surface area contributed by atoms with Crippen molar-refractivity contribution >= 4 is 23.2 Å². The summed E-state index contributed by atoms with van der Waals surface area (Å²) in [6.45, 7) is 2.12. The first-order valence-electron chi connectivity index (χ1n) is 5.62.